The summed E-state index contributed by atoms with van der Waals surface area (Å²) in [5.41, 5.74) is 1.56. The fraction of sp³-hybridized carbons (Fsp3) is 0.200. The summed E-state index contributed by atoms with van der Waals surface area (Å²) in [6.07, 6.45) is 0. The van der Waals surface area contributed by atoms with Crippen molar-refractivity contribution < 1.29 is 0 Å². The van der Waals surface area contributed by atoms with Crippen LogP contribution in [0.5, 0.6) is 0 Å². The van der Waals surface area contributed by atoms with Crippen LogP contribution in [0.2, 0.25) is 8.67 Å². The summed E-state index contributed by atoms with van der Waals surface area (Å²) >= 11 is 13.2. The molecule has 0 fully saturated rings. The van der Waals surface area contributed by atoms with Crippen LogP contribution in [0.4, 0.5) is 5.82 Å². The molecular formula is C10H9Cl2N3S. The third kappa shape index (κ3) is 2.45. The van der Waals surface area contributed by atoms with Crippen molar-refractivity contribution in [2.75, 3.05) is 11.9 Å². The van der Waals surface area contributed by atoms with E-state index in [9.17, 15) is 0 Å². The molecule has 0 saturated carbocycles. The fourth-order valence-corrected chi connectivity index (χ4v) is 2.75. The molecule has 2 aromatic heterocycles. The van der Waals surface area contributed by atoms with Crippen molar-refractivity contribution in [2.45, 2.75) is 6.92 Å². The van der Waals surface area contributed by atoms with E-state index in [1.54, 1.807) is 6.07 Å². The largest absolute Gasteiger partial charge is 0.369 e. The zero-order valence-corrected chi connectivity index (χ0v) is 10.8. The van der Waals surface area contributed by atoms with Crippen molar-refractivity contribution in [2.24, 2.45) is 0 Å². The lowest BCUT2D eigenvalue weighted by molar-refractivity contribution is 1.02. The molecule has 2 rings (SSSR count). The Kier molecular flexibility index (Phi) is 3.63. The Morgan fingerprint density at radius 2 is 2.12 bits per heavy atom. The van der Waals surface area contributed by atoms with Crippen LogP contribution >= 0.6 is 34.5 Å². The normalized spacial score (nSPS) is 10.4. The summed E-state index contributed by atoms with van der Waals surface area (Å²) in [5, 5.41) is 11.2. The summed E-state index contributed by atoms with van der Waals surface area (Å²) in [5.74, 6) is 0.753. The minimum absolute atomic E-state index is 0.635. The molecule has 0 radical (unpaired) electrons. The van der Waals surface area contributed by atoms with Crippen LogP contribution in [0.15, 0.2) is 18.2 Å². The molecule has 0 atom stereocenters. The summed E-state index contributed by atoms with van der Waals surface area (Å²) in [6.45, 7) is 2.82. The highest BCUT2D eigenvalue weighted by Crippen LogP contribution is 2.37. The van der Waals surface area contributed by atoms with Crippen LogP contribution < -0.4 is 5.32 Å². The highest BCUT2D eigenvalue weighted by molar-refractivity contribution is 7.20. The van der Waals surface area contributed by atoms with Crippen LogP contribution in [-0.2, 0) is 0 Å². The average Bonchev–Trinajstić information content (AvgIpc) is 2.59. The minimum Gasteiger partial charge on any atom is -0.369 e. The second kappa shape index (κ2) is 4.99. The van der Waals surface area contributed by atoms with Crippen LogP contribution in [0.25, 0.3) is 11.3 Å². The van der Waals surface area contributed by atoms with Gasteiger partial charge in [0.2, 0.25) is 0 Å². The van der Waals surface area contributed by atoms with E-state index in [1.165, 1.54) is 11.3 Å². The van der Waals surface area contributed by atoms with Crippen molar-refractivity contribution in [1.82, 2.24) is 10.2 Å². The van der Waals surface area contributed by atoms with Gasteiger partial charge < -0.3 is 5.32 Å². The van der Waals surface area contributed by atoms with Gasteiger partial charge in [0.25, 0.3) is 0 Å². The number of nitrogens with zero attached hydrogens (tertiary/aromatic N) is 2. The molecule has 0 bridgehead atoms. The predicted molar refractivity (Wildman–Crippen MR) is 69.5 cm³/mol. The minimum atomic E-state index is 0.635. The first-order chi connectivity index (χ1) is 7.70. The molecule has 2 aromatic rings. The molecule has 16 heavy (non-hydrogen) atoms. The number of rotatable bonds is 3. The first kappa shape index (κ1) is 11.6. The molecule has 0 spiro atoms. The second-order valence-corrected chi connectivity index (χ2v) is 5.36. The van der Waals surface area contributed by atoms with E-state index in [0.717, 1.165) is 23.6 Å². The lowest BCUT2D eigenvalue weighted by Gasteiger charge is -2.01. The molecule has 0 aliphatic carbocycles. The van der Waals surface area contributed by atoms with Gasteiger partial charge in [-0.3, -0.25) is 0 Å². The summed E-state index contributed by atoms with van der Waals surface area (Å²) in [4.78, 5) is 0. The quantitative estimate of drug-likeness (QED) is 0.921. The monoisotopic (exact) mass is 273 g/mol. The summed E-state index contributed by atoms with van der Waals surface area (Å²) in [6, 6.07) is 5.54. The summed E-state index contributed by atoms with van der Waals surface area (Å²) < 4.78 is 1.29. The van der Waals surface area contributed by atoms with E-state index in [1.807, 2.05) is 19.1 Å². The van der Waals surface area contributed by atoms with Gasteiger partial charge in [0.05, 0.1) is 10.0 Å². The zero-order chi connectivity index (χ0) is 11.5. The molecule has 2 heterocycles. The predicted octanol–water partition coefficient (Wildman–Crippen LogP) is 3.94. The Labute approximate surface area is 107 Å². The summed E-state index contributed by atoms with van der Waals surface area (Å²) in [7, 11) is 0. The van der Waals surface area contributed by atoms with Crippen molar-refractivity contribution in [3.05, 3.63) is 26.9 Å². The lowest BCUT2D eigenvalue weighted by atomic mass is 10.2. The molecule has 0 saturated heterocycles. The average molecular weight is 274 g/mol. The van der Waals surface area contributed by atoms with Crippen LogP contribution in [0.3, 0.4) is 0 Å². The van der Waals surface area contributed by atoms with Gasteiger partial charge in [-0.05, 0) is 25.1 Å². The van der Waals surface area contributed by atoms with Gasteiger partial charge >= 0.3 is 0 Å². The molecule has 0 unspecified atom stereocenters. The van der Waals surface area contributed by atoms with Crippen LogP contribution in [-0.4, -0.2) is 16.7 Å². The van der Waals surface area contributed by atoms with E-state index in [0.29, 0.717) is 8.67 Å². The number of anilines is 1. The van der Waals surface area contributed by atoms with Crippen molar-refractivity contribution in [3.8, 4) is 11.3 Å². The molecule has 1 N–H and O–H groups in total. The molecule has 0 aliphatic heterocycles. The van der Waals surface area contributed by atoms with Crippen molar-refractivity contribution >= 4 is 40.4 Å². The number of hydrogen-bond acceptors (Lipinski definition) is 4. The molecular weight excluding hydrogens is 265 g/mol. The number of thiophene rings is 1. The smallest absolute Gasteiger partial charge is 0.148 e. The van der Waals surface area contributed by atoms with Gasteiger partial charge in [0, 0.05) is 12.1 Å². The Bertz CT molecular complexity index is 481. The highest BCUT2D eigenvalue weighted by Gasteiger charge is 2.09. The molecule has 0 aromatic carbocycles. The van der Waals surface area contributed by atoms with Gasteiger partial charge in [0.1, 0.15) is 10.2 Å². The Morgan fingerprint density at radius 1 is 1.31 bits per heavy atom. The number of hydrogen-bond donors (Lipinski definition) is 1. The molecule has 6 heteroatoms. The maximum absolute atomic E-state index is 6.03. The van der Waals surface area contributed by atoms with Crippen molar-refractivity contribution in [3.63, 3.8) is 0 Å². The molecule has 84 valence electrons. The van der Waals surface area contributed by atoms with Gasteiger partial charge in [-0.25, -0.2) is 0 Å². The third-order valence-corrected chi connectivity index (χ3v) is 3.44. The number of aromatic nitrogens is 2. The topological polar surface area (TPSA) is 37.8 Å². The van der Waals surface area contributed by atoms with E-state index < -0.39 is 0 Å². The maximum Gasteiger partial charge on any atom is 0.148 e. The van der Waals surface area contributed by atoms with Crippen LogP contribution in [0.1, 0.15) is 6.92 Å². The second-order valence-electron chi connectivity index (χ2n) is 3.07. The lowest BCUT2D eigenvalue weighted by Crippen LogP contribution is -2.00. The van der Waals surface area contributed by atoms with Crippen molar-refractivity contribution in [1.29, 1.82) is 0 Å². The molecule has 0 amide bonds. The zero-order valence-electron chi connectivity index (χ0n) is 8.50. The van der Waals surface area contributed by atoms with E-state index in [2.05, 4.69) is 15.5 Å². The van der Waals surface area contributed by atoms with Gasteiger partial charge in [-0.15, -0.1) is 21.5 Å². The van der Waals surface area contributed by atoms with E-state index in [4.69, 9.17) is 23.2 Å². The van der Waals surface area contributed by atoms with E-state index >= 15 is 0 Å². The third-order valence-electron chi connectivity index (χ3n) is 1.96. The highest BCUT2D eigenvalue weighted by atomic mass is 35.5. The SMILES string of the molecule is CCNc1ccc(-c2cc(Cl)sc2Cl)nn1. The Morgan fingerprint density at radius 3 is 2.62 bits per heavy atom. The van der Waals surface area contributed by atoms with Gasteiger partial charge in [0.15, 0.2) is 0 Å². The Balaban J connectivity index is 2.31. The number of nitrogens with one attached hydrogen (secondary N) is 1. The van der Waals surface area contributed by atoms with E-state index in [-0.39, 0.29) is 0 Å². The fourth-order valence-electron chi connectivity index (χ4n) is 1.27. The number of halogens is 2. The van der Waals surface area contributed by atoms with Gasteiger partial charge in [-0.1, -0.05) is 23.2 Å². The van der Waals surface area contributed by atoms with Crippen LogP contribution in [0, 0.1) is 0 Å². The first-order valence-electron chi connectivity index (χ1n) is 4.73. The first-order valence-corrected chi connectivity index (χ1v) is 6.30. The molecule has 3 nitrogen and oxygen atoms in total. The van der Waals surface area contributed by atoms with Gasteiger partial charge in [-0.2, -0.15) is 0 Å². The molecule has 0 aliphatic rings. The maximum atomic E-state index is 6.03. The standard InChI is InChI=1S/C10H9Cl2N3S/c1-2-13-9-4-3-7(14-15-9)6-5-8(11)16-10(6)12/h3-5H,2H2,1H3,(H,13,15). The Hall–Kier alpha value is -0.840.